The minimum atomic E-state index is 0.0590. The van der Waals surface area contributed by atoms with Crippen molar-refractivity contribution in [1.82, 2.24) is 0 Å². The van der Waals surface area contributed by atoms with Gasteiger partial charge in [-0.05, 0) is 31.7 Å². The average molecular weight is 275 g/mol. The molecule has 20 heavy (non-hydrogen) atoms. The molecule has 0 aromatic heterocycles. The van der Waals surface area contributed by atoms with Crippen LogP contribution in [0.15, 0.2) is 24.3 Å². The van der Waals surface area contributed by atoms with Crippen molar-refractivity contribution in [3.05, 3.63) is 29.8 Å². The molecule has 3 nitrogen and oxygen atoms in total. The summed E-state index contributed by atoms with van der Waals surface area (Å²) in [7, 11) is 0. The molecule has 1 aromatic rings. The monoisotopic (exact) mass is 275 g/mol. The molecular formula is C17H25NO2. The topological polar surface area (TPSA) is 44.5 Å². The van der Waals surface area contributed by atoms with E-state index < -0.39 is 0 Å². The summed E-state index contributed by atoms with van der Waals surface area (Å²) >= 11 is 0. The van der Waals surface area contributed by atoms with Crippen LogP contribution < -0.4 is 10.5 Å². The molecule has 0 radical (unpaired) electrons. The molecule has 110 valence electrons. The first-order valence-electron chi connectivity index (χ1n) is 7.87. The molecule has 1 aliphatic carbocycles. The average Bonchev–Trinajstić information content (AvgIpc) is 2.46. The van der Waals surface area contributed by atoms with Crippen LogP contribution in [0.25, 0.3) is 0 Å². The van der Waals surface area contributed by atoms with Crippen molar-refractivity contribution in [2.24, 2.45) is 5.73 Å². The maximum atomic E-state index is 6.28. The Labute approximate surface area is 121 Å². The van der Waals surface area contributed by atoms with Gasteiger partial charge in [0.2, 0.25) is 0 Å². The second-order valence-corrected chi connectivity index (χ2v) is 6.17. The van der Waals surface area contributed by atoms with Crippen molar-refractivity contribution in [2.45, 2.75) is 63.2 Å². The molecule has 1 spiro atoms. The number of para-hydroxylation sites is 1. The van der Waals surface area contributed by atoms with Gasteiger partial charge in [0.1, 0.15) is 11.9 Å². The van der Waals surface area contributed by atoms with Crippen LogP contribution in [0.2, 0.25) is 0 Å². The molecule has 2 atom stereocenters. The largest absolute Gasteiger partial charge is 0.490 e. The highest BCUT2D eigenvalue weighted by atomic mass is 16.5. The summed E-state index contributed by atoms with van der Waals surface area (Å²) < 4.78 is 12.2. The maximum absolute atomic E-state index is 6.28. The number of hydrogen-bond acceptors (Lipinski definition) is 3. The lowest BCUT2D eigenvalue weighted by molar-refractivity contribution is -0.153. The molecule has 1 saturated heterocycles. The van der Waals surface area contributed by atoms with Crippen LogP contribution in [0.1, 0.15) is 57.1 Å². The summed E-state index contributed by atoms with van der Waals surface area (Å²) in [6.45, 7) is 2.94. The van der Waals surface area contributed by atoms with E-state index in [2.05, 4.69) is 13.0 Å². The van der Waals surface area contributed by atoms with E-state index in [1.807, 2.05) is 18.2 Å². The van der Waals surface area contributed by atoms with Gasteiger partial charge in [-0.15, -0.1) is 0 Å². The smallest absolute Gasteiger partial charge is 0.124 e. The van der Waals surface area contributed by atoms with Crippen LogP contribution in [0, 0.1) is 0 Å². The van der Waals surface area contributed by atoms with E-state index in [0.717, 1.165) is 37.2 Å². The first-order chi connectivity index (χ1) is 9.72. The number of benzene rings is 1. The molecule has 3 rings (SSSR count). The summed E-state index contributed by atoms with van der Waals surface area (Å²) in [5, 5.41) is 0. The zero-order valence-corrected chi connectivity index (χ0v) is 12.3. The Bertz CT molecular complexity index is 456. The van der Waals surface area contributed by atoms with Crippen molar-refractivity contribution >= 4 is 0 Å². The van der Waals surface area contributed by atoms with Gasteiger partial charge in [-0.25, -0.2) is 0 Å². The van der Waals surface area contributed by atoms with E-state index in [4.69, 9.17) is 15.2 Å². The Morgan fingerprint density at radius 1 is 1.40 bits per heavy atom. The van der Waals surface area contributed by atoms with E-state index in [1.165, 1.54) is 19.3 Å². The zero-order valence-electron chi connectivity index (χ0n) is 12.3. The summed E-state index contributed by atoms with van der Waals surface area (Å²) in [4.78, 5) is 0. The van der Waals surface area contributed by atoms with Crippen molar-refractivity contribution in [2.75, 3.05) is 6.61 Å². The van der Waals surface area contributed by atoms with Gasteiger partial charge < -0.3 is 15.2 Å². The highest BCUT2D eigenvalue weighted by Crippen LogP contribution is 2.43. The standard InChI is InChI=1S/C17H25NO2/c1-2-15(18)14-6-3-4-7-16(14)20-13-8-11-19-17(12-13)9-5-10-17/h3-4,6-7,13,15H,2,5,8-12,18H2,1H3. The first-order valence-corrected chi connectivity index (χ1v) is 7.87. The first kappa shape index (κ1) is 13.9. The molecule has 2 aliphatic rings. The van der Waals surface area contributed by atoms with Gasteiger partial charge >= 0.3 is 0 Å². The number of nitrogens with two attached hydrogens (primary N) is 1. The Hall–Kier alpha value is -1.06. The van der Waals surface area contributed by atoms with E-state index in [9.17, 15) is 0 Å². The Kier molecular flexibility index (Phi) is 3.99. The van der Waals surface area contributed by atoms with Gasteiger partial charge in [-0.1, -0.05) is 25.1 Å². The van der Waals surface area contributed by atoms with Gasteiger partial charge in [0.25, 0.3) is 0 Å². The third-order valence-electron chi connectivity index (χ3n) is 4.76. The van der Waals surface area contributed by atoms with Crippen molar-refractivity contribution in [1.29, 1.82) is 0 Å². The highest BCUT2D eigenvalue weighted by molar-refractivity contribution is 5.36. The van der Waals surface area contributed by atoms with Crippen LogP contribution in [-0.4, -0.2) is 18.3 Å². The van der Waals surface area contributed by atoms with Gasteiger partial charge in [-0.3, -0.25) is 0 Å². The molecule has 2 N–H and O–H groups in total. The molecule has 1 heterocycles. The lowest BCUT2D eigenvalue weighted by Crippen LogP contribution is -2.48. The number of ether oxygens (including phenoxy) is 2. The third kappa shape index (κ3) is 2.70. The Morgan fingerprint density at radius 3 is 2.90 bits per heavy atom. The Morgan fingerprint density at radius 2 is 2.20 bits per heavy atom. The number of hydrogen-bond donors (Lipinski definition) is 1. The summed E-state index contributed by atoms with van der Waals surface area (Å²) in [5.41, 5.74) is 7.44. The molecule has 0 amide bonds. The maximum Gasteiger partial charge on any atom is 0.124 e. The minimum absolute atomic E-state index is 0.0590. The zero-order chi connectivity index (χ0) is 14.0. The van der Waals surface area contributed by atoms with Crippen molar-refractivity contribution < 1.29 is 9.47 Å². The van der Waals surface area contributed by atoms with Gasteiger partial charge in [-0.2, -0.15) is 0 Å². The molecule has 1 aliphatic heterocycles. The lowest BCUT2D eigenvalue weighted by atomic mass is 9.74. The van der Waals surface area contributed by atoms with Gasteiger partial charge in [0, 0.05) is 24.4 Å². The molecule has 1 aromatic carbocycles. The quantitative estimate of drug-likeness (QED) is 0.913. The van der Waals surface area contributed by atoms with E-state index >= 15 is 0 Å². The summed E-state index contributed by atoms with van der Waals surface area (Å²) in [6, 6.07) is 8.26. The van der Waals surface area contributed by atoms with Crippen molar-refractivity contribution in [3.63, 3.8) is 0 Å². The van der Waals surface area contributed by atoms with Crippen molar-refractivity contribution in [3.8, 4) is 5.75 Å². The van der Waals surface area contributed by atoms with E-state index in [0.29, 0.717) is 0 Å². The molecule has 2 fully saturated rings. The van der Waals surface area contributed by atoms with E-state index in [1.54, 1.807) is 0 Å². The molecule has 2 unspecified atom stereocenters. The van der Waals surface area contributed by atoms with Crippen LogP contribution in [-0.2, 0) is 4.74 Å². The predicted molar refractivity (Wildman–Crippen MR) is 79.8 cm³/mol. The fourth-order valence-electron chi connectivity index (χ4n) is 3.30. The minimum Gasteiger partial charge on any atom is -0.490 e. The third-order valence-corrected chi connectivity index (χ3v) is 4.76. The molecule has 1 saturated carbocycles. The SMILES string of the molecule is CCC(N)c1ccccc1OC1CCOC2(CCC2)C1. The molecular weight excluding hydrogens is 250 g/mol. The van der Waals surface area contributed by atoms with Crippen LogP contribution >= 0.6 is 0 Å². The summed E-state index contributed by atoms with van der Waals surface area (Å²) in [6.07, 6.45) is 6.91. The number of rotatable bonds is 4. The Balaban J connectivity index is 1.71. The second-order valence-electron chi connectivity index (χ2n) is 6.17. The fraction of sp³-hybridized carbons (Fsp3) is 0.647. The fourth-order valence-corrected chi connectivity index (χ4v) is 3.30. The molecule has 0 bridgehead atoms. The predicted octanol–water partition coefficient (Wildman–Crippen LogP) is 3.58. The second kappa shape index (κ2) is 5.74. The lowest BCUT2D eigenvalue weighted by Gasteiger charge is -2.47. The van der Waals surface area contributed by atoms with Crippen LogP contribution in [0.3, 0.4) is 0 Å². The summed E-state index contributed by atoms with van der Waals surface area (Å²) in [5.74, 6) is 0.961. The highest BCUT2D eigenvalue weighted by Gasteiger charge is 2.43. The van der Waals surface area contributed by atoms with E-state index in [-0.39, 0.29) is 17.7 Å². The van der Waals surface area contributed by atoms with Crippen LogP contribution in [0.5, 0.6) is 5.75 Å². The van der Waals surface area contributed by atoms with Gasteiger partial charge in [0.15, 0.2) is 0 Å². The molecule has 3 heteroatoms. The van der Waals surface area contributed by atoms with Gasteiger partial charge in [0.05, 0.1) is 12.2 Å². The normalized spacial score (nSPS) is 26.0. The van der Waals surface area contributed by atoms with Crippen LogP contribution in [0.4, 0.5) is 0 Å².